The van der Waals surface area contributed by atoms with Gasteiger partial charge in [0.15, 0.2) is 0 Å². The lowest BCUT2D eigenvalue weighted by molar-refractivity contribution is 0.00452. The molecule has 0 spiro atoms. The zero-order chi connectivity index (χ0) is 14.0. The number of rotatable bonds is 11. The van der Waals surface area contributed by atoms with Crippen LogP contribution >= 0.6 is 0 Å². The number of β-amino-alcohol motifs (C(OH)–C–C–N with tert-alkyl or cyclic N) is 1. The Bertz CT molecular complexity index is 223. The Morgan fingerprint density at radius 3 is 2.47 bits per heavy atom. The fourth-order valence-electron chi connectivity index (χ4n) is 2.13. The summed E-state index contributed by atoms with van der Waals surface area (Å²) in [6.07, 6.45) is 0.825. The largest absolute Gasteiger partial charge is 0.387 e. The summed E-state index contributed by atoms with van der Waals surface area (Å²) >= 11 is 0. The van der Waals surface area contributed by atoms with Crippen molar-refractivity contribution < 1.29 is 19.3 Å². The van der Waals surface area contributed by atoms with Gasteiger partial charge < -0.3 is 29.5 Å². The van der Waals surface area contributed by atoms with Crippen LogP contribution in [0.4, 0.5) is 0 Å². The minimum atomic E-state index is -0.571. The first kappa shape index (κ1) is 16.8. The number of hydrogen-bond donors (Lipinski definition) is 2. The standard InChI is InChI=1S/C13H28N2O4/c1-15(12-13(16)3-4-14-11-13)5-6-18-9-10-19-8-7-17-2/h14,16H,3-12H2,1-2H3. The molecule has 0 aromatic rings. The van der Waals surface area contributed by atoms with Crippen LogP contribution in [-0.4, -0.2) is 89.0 Å². The molecule has 1 unspecified atom stereocenters. The first-order valence-electron chi connectivity index (χ1n) is 6.92. The van der Waals surface area contributed by atoms with Crippen LogP contribution in [0.15, 0.2) is 0 Å². The maximum atomic E-state index is 10.2. The molecule has 0 radical (unpaired) electrons. The molecule has 1 rings (SSSR count). The second kappa shape index (κ2) is 9.63. The van der Waals surface area contributed by atoms with Crippen LogP contribution in [0.1, 0.15) is 6.42 Å². The van der Waals surface area contributed by atoms with E-state index in [2.05, 4.69) is 10.2 Å². The molecular weight excluding hydrogens is 248 g/mol. The van der Waals surface area contributed by atoms with Crippen LogP contribution in [0.2, 0.25) is 0 Å². The lowest BCUT2D eigenvalue weighted by Gasteiger charge is -2.27. The van der Waals surface area contributed by atoms with Gasteiger partial charge in [-0.25, -0.2) is 0 Å². The number of methoxy groups -OCH3 is 1. The summed E-state index contributed by atoms with van der Waals surface area (Å²) in [6.45, 7) is 6.19. The van der Waals surface area contributed by atoms with E-state index in [1.54, 1.807) is 7.11 Å². The van der Waals surface area contributed by atoms with Crippen molar-refractivity contribution in [2.24, 2.45) is 0 Å². The number of hydrogen-bond acceptors (Lipinski definition) is 6. The molecule has 1 saturated heterocycles. The molecule has 0 bridgehead atoms. The highest BCUT2D eigenvalue weighted by Crippen LogP contribution is 2.14. The van der Waals surface area contributed by atoms with Gasteiger partial charge in [-0.2, -0.15) is 0 Å². The molecule has 2 N–H and O–H groups in total. The first-order chi connectivity index (χ1) is 9.16. The predicted molar refractivity (Wildman–Crippen MR) is 73.4 cm³/mol. The molecule has 0 saturated carbocycles. The Morgan fingerprint density at radius 2 is 1.84 bits per heavy atom. The van der Waals surface area contributed by atoms with Crippen LogP contribution in [-0.2, 0) is 14.2 Å². The van der Waals surface area contributed by atoms with Gasteiger partial charge in [0.2, 0.25) is 0 Å². The third-order valence-corrected chi connectivity index (χ3v) is 3.21. The molecular formula is C13H28N2O4. The molecule has 19 heavy (non-hydrogen) atoms. The fraction of sp³-hybridized carbons (Fsp3) is 1.00. The summed E-state index contributed by atoms with van der Waals surface area (Å²) in [5.74, 6) is 0. The van der Waals surface area contributed by atoms with E-state index in [1.165, 1.54) is 0 Å². The predicted octanol–water partition coefficient (Wildman–Crippen LogP) is -0.678. The number of likely N-dealkylation sites (N-methyl/N-ethyl adjacent to an activating group) is 1. The van der Waals surface area contributed by atoms with E-state index in [0.717, 1.165) is 19.5 Å². The Morgan fingerprint density at radius 1 is 1.16 bits per heavy atom. The SMILES string of the molecule is COCCOCCOCCN(C)CC1(O)CCNC1. The van der Waals surface area contributed by atoms with Gasteiger partial charge >= 0.3 is 0 Å². The monoisotopic (exact) mass is 276 g/mol. The molecule has 6 nitrogen and oxygen atoms in total. The number of ether oxygens (including phenoxy) is 3. The minimum absolute atomic E-state index is 0.571. The molecule has 0 aromatic carbocycles. The van der Waals surface area contributed by atoms with Crippen molar-refractivity contribution in [3.63, 3.8) is 0 Å². The summed E-state index contributed by atoms with van der Waals surface area (Å²) in [5.41, 5.74) is -0.571. The van der Waals surface area contributed by atoms with Crippen LogP contribution in [0.25, 0.3) is 0 Å². The van der Waals surface area contributed by atoms with Crippen LogP contribution in [0.3, 0.4) is 0 Å². The summed E-state index contributed by atoms with van der Waals surface area (Å²) in [5, 5.41) is 13.4. The van der Waals surface area contributed by atoms with E-state index in [9.17, 15) is 5.11 Å². The van der Waals surface area contributed by atoms with Crippen molar-refractivity contribution in [3.05, 3.63) is 0 Å². The van der Waals surface area contributed by atoms with Gasteiger partial charge in [0.05, 0.1) is 38.6 Å². The highest BCUT2D eigenvalue weighted by Gasteiger charge is 2.31. The zero-order valence-electron chi connectivity index (χ0n) is 12.2. The molecule has 0 aromatic heterocycles. The van der Waals surface area contributed by atoms with E-state index >= 15 is 0 Å². The maximum absolute atomic E-state index is 10.2. The topological polar surface area (TPSA) is 63.2 Å². The average molecular weight is 276 g/mol. The number of nitrogens with one attached hydrogen (secondary N) is 1. The van der Waals surface area contributed by atoms with E-state index in [4.69, 9.17) is 14.2 Å². The average Bonchev–Trinajstić information content (AvgIpc) is 2.79. The van der Waals surface area contributed by atoms with Crippen molar-refractivity contribution in [2.75, 3.05) is 73.4 Å². The Labute approximate surface area is 116 Å². The van der Waals surface area contributed by atoms with E-state index in [1.807, 2.05) is 7.05 Å². The molecule has 1 fully saturated rings. The van der Waals surface area contributed by atoms with Crippen molar-refractivity contribution in [1.82, 2.24) is 10.2 Å². The quantitative estimate of drug-likeness (QED) is 0.488. The molecule has 114 valence electrons. The van der Waals surface area contributed by atoms with Crippen molar-refractivity contribution in [2.45, 2.75) is 12.0 Å². The molecule has 6 heteroatoms. The molecule has 1 heterocycles. The molecule has 0 amide bonds. The van der Waals surface area contributed by atoms with Crippen molar-refractivity contribution in [1.29, 1.82) is 0 Å². The lowest BCUT2D eigenvalue weighted by Crippen LogP contribution is -2.44. The van der Waals surface area contributed by atoms with Crippen molar-refractivity contribution in [3.8, 4) is 0 Å². The lowest BCUT2D eigenvalue weighted by atomic mass is 10.0. The van der Waals surface area contributed by atoms with Gasteiger partial charge in [-0.1, -0.05) is 0 Å². The molecule has 1 aliphatic heterocycles. The van der Waals surface area contributed by atoms with Gasteiger partial charge in [-0.15, -0.1) is 0 Å². The fourth-order valence-corrected chi connectivity index (χ4v) is 2.13. The molecule has 1 atom stereocenters. The highest BCUT2D eigenvalue weighted by molar-refractivity contribution is 4.89. The molecule has 0 aliphatic carbocycles. The van der Waals surface area contributed by atoms with Gasteiger partial charge in [0.1, 0.15) is 0 Å². The molecule has 1 aliphatic rings. The Hall–Kier alpha value is -0.240. The van der Waals surface area contributed by atoms with Crippen LogP contribution < -0.4 is 5.32 Å². The number of aliphatic hydroxyl groups is 1. The summed E-state index contributed by atoms with van der Waals surface area (Å²) in [6, 6.07) is 0. The van der Waals surface area contributed by atoms with Crippen molar-refractivity contribution >= 4 is 0 Å². The second-order valence-electron chi connectivity index (χ2n) is 5.11. The Balaban J connectivity index is 1.91. The number of nitrogens with zero attached hydrogens (tertiary/aromatic N) is 1. The normalized spacial score (nSPS) is 23.4. The highest BCUT2D eigenvalue weighted by atomic mass is 16.5. The van der Waals surface area contributed by atoms with E-state index < -0.39 is 5.60 Å². The van der Waals surface area contributed by atoms with Crippen LogP contribution in [0, 0.1) is 0 Å². The first-order valence-corrected chi connectivity index (χ1v) is 6.92. The van der Waals surface area contributed by atoms with E-state index in [-0.39, 0.29) is 0 Å². The summed E-state index contributed by atoms with van der Waals surface area (Å²) < 4.78 is 15.6. The minimum Gasteiger partial charge on any atom is -0.387 e. The second-order valence-corrected chi connectivity index (χ2v) is 5.11. The maximum Gasteiger partial charge on any atom is 0.0909 e. The Kier molecular flexibility index (Phi) is 8.52. The van der Waals surface area contributed by atoms with Gasteiger partial charge in [0.25, 0.3) is 0 Å². The third kappa shape index (κ3) is 7.81. The zero-order valence-corrected chi connectivity index (χ0v) is 12.2. The van der Waals surface area contributed by atoms with Crippen LogP contribution in [0.5, 0.6) is 0 Å². The smallest absolute Gasteiger partial charge is 0.0909 e. The summed E-state index contributed by atoms with van der Waals surface area (Å²) in [7, 11) is 3.66. The van der Waals surface area contributed by atoms with Gasteiger partial charge in [-0.05, 0) is 20.0 Å². The van der Waals surface area contributed by atoms with Gasteiger partial charge in [0, 0.05) is 26.7 Å². The third-order valence-electron chi connectivity index (χ3n) is 3.21. The summed E-state index contributed by atoms with van der Waals surface area (Å²) in [4.78, 5) is 2.11. The van der Waals surface area contributed by atoms with Gasteiger partial charge in [-0.3, -0.25) is 0 Å². The van der Waals surface area contributed by atoms with E-state index in [0.29, 0.717) is 46.1 Å².